The van der Waals surface area contributed by atoms with Crippen molar-refractivity contribution in [2.75, 3.05) is 12.4 Å². The van der Waals surface area contributed by atoms with Crippen molar-refractivity contribution in [3.8, 4) is 5.75 Å². The fourth-order valence-corrected chi connectivity index (χ4v) is 2.17. The van der Waals surface area contributed by atoms with Crippen LogP contribution in [0.15, 0.2) is 36.4 Å². The van der Waals surface area contributed by atoms with Gasteiger partial charge in [0.1, 0.15) is 17.4 Å². The summed E-state index contributed by atoms with van der Waals surface area (Å²) in [6.07, 6.45) is 0. The van der Waals surface area contributed by atoms with E-state index in [2.05, 4.69) is 5.32 Å². The molecular formula is C16H17F2NO. The van der Waals surface area contributed by atoms with E-state index < -0.39 is 0 Å². The summed E-state index contributed by atoms with van der Waals surface area (Å²) in [7, 11) is 1.51. The minimum Gasteiger partial charge on any atom is -0.496 e. The van der Waals surface area contributed by atoms with Crippen LogP contribution in [0.4, 0.5) is 14.5 Å². The lowest BCUT2D eigenvalue weighted by atomic mass is 10.1. The average molecular weight is 277 g/mol. The molecule has 0 aromatic heterocycles. The molecule has 4 heteroatoms. The summed E-state index contributed by atoms with van der Waals surface area (Å²) in [5, 5.41) is 3.16. The van der Waals surface area contributed by atoms with Crippen molar-refractivity contribution >= 4 is 5.69 Å². The number of hydrogen-bond donors (Lipinski definition) is 1. The minimum absolute atomic E-state index is 0.258. The van der Waals surface area contributed by atoms with Gasteiger partial charge in [-0.1, -0.05) is 6.07 Å². The van der Waals surface area contributed by atoms with E-state index in [4.69, 9.17) is 4.74 Å². The molecule has 2 aromatic carbocycles. The summed E-state index contributed by atoms with van der Waals surface area (Å²) in [6, 6.07) is 9.13. The van der Waals surface area contributed by atoms with Gasteiger partial charge >= 0.3 is 0 Å². The molecule has 0 saturated carbocycles. The Bertz CT molecular complexity index is 613. The van der Waals surface area contributed by atoms with E-state index in [1.54, 1.807) is 31.2 Å². The lowest BCUT2D eigenvalue weighted by molar-refractivity contribution is 0.402. The summed E-state index contributed by atoms with van der Waals surface area (Å²) >= 11 is 0. The van der Waals surface area contributed by atoms with Gasteiger partial charge < -0.3 is 10.1 Å². The quantitative estimate of drug-likeness (QED) is 0.891. The molecule has 0 fully saturated rings. The van der Waals surface area contributed by atoms with Gasteiger partial charge in [0.25, 0.3) is 0 Å². The van der Waals surface area contributed by atoms with Crippen molar-refractivity contribution in [2.45, 2.75) is 19.9 Å². The van der Waals surface area contributed by atoms with Crippen molar-refractivity contribution in [1.29, 1.82) is 0 Å². The Labute approximate surface area is 117 Å². The molecule has 106 valence electrons. The first-order valence-corrected chi connectivity index (χ1v) is 6.38. The number of ether oxygens (including phenoxy) is 1. The number of benzene rings is 2. The molecule has 0 heterocycles. The third-order valence-corrected chi connectivity index (χ3v) is 3.21. The molecule has 1 unspecified atom stereocenters. The highest BCUT2D eigenvalue weighted by molar-refractivity contribution is 5.49. The number of nitrogens with one attached hydrogen (secondary N) is 1. The van der Waals surface area contributed by atoms with E-state index in [1.165, 1.54) is 19.2 Å². The van der Waals surface area contributed by atoms with Gasteiger partial charge in [-0.2, -0.15) is 0 Å². The van der Waals surface area contributed by atoms with Gasteiger partial charge in [0.15, 0.2) is 0 Å². The van der Waals surface area contributed by atoms with Gasteiger partial charge in [-0.25, -0.2) is 8.78 Å². The third-order valence-electron chi connectivity index (χ3n) is 3.21. The third kappa shape index (κ3) is 2.90. The Kier molecular flexibility index (Phi) is 4.23. The van der Waals surface area contributed by atoms with Crippen LogP contribution in [0.1, 0.15) is 24.1 Å². The highest BCUT2D eigenvalue weighted by Gasteiger charge is 2.16. The predicted octanol–water partition coefficient (Wildman–Crippen LogP) is 4.45. The van der Waals surface area contributed by atoms with Gasteiger partial charge in [0.2, 0.25) is 0 Å². The molecule has 20 heavy (non-hydrogen) atoms. The smallest absolute Gasteiger partial charge is 0.132 e. The zero-order valence-corrected chi connectivity index (χ0v) is 11.7. The average Bonchev–Trinajstić information content (AvgIpc) is 2.42. The standard InChI is InChI=1S/C16H17F2NO/c1-10-9-12(7-8-13(10)17)19-11(2)16-14(18)5-4-6-15(16)20-3/h4-9,11,19H,1-3H3. The molecular weight excluding hydrogens is 260 g/mol. The molecule has 1 atom stereocenters. The van der Waals surface area contributed by atoms with Crippen LogP contribution in [0.2, 0.25) is 0 Å². The van der Waals surface area contributed by atoms with Crippen LogP contribution in [0.3, 0.4) is 0 Å². The van der Waals surface area contributed by atoms with Gasteiger partial charge in [0, 0.05) is 5.69 Å². The first kappa shape index (κ1) is 14.3. The summed E-state index contributed by atoms with van der Waals surface area (Å²) in [6.45, 7) is 3.52. The lowest BCUT2D eigenvalue weighted by Gasteiger charge is -2.19. The van der Waals surface area contributed by atoms with Crippen LogP contribution in [-0.2, 0) is 0 Å². The van der Waals surface area contributed by atoms with E-state index in [-0.39, 0.29) is 17.7 Å². The van der Waals surface area contributed by atoms with Crippen LogP contribution in [0, 0.1) is 18.6 Å². The number of anilines is 1. The normalized spacial score (nSPS) is 12.1. The maximum Gasteiger partial charge on any atom is 0.132 e. The largest absolute Gasteiger partial charge is 0.496 e. The van der Waals surface area contributed by atoms with Crippen molar-refractivity contribution in [3.63, 3.8) is 0 Å². The second-order valence-electron chi connectivity index (χ2n) is 4.69. The SMILES string of the molecule is COc1cccc(F)c1C(C)Nc1ccc(F)c(C)c1. The van der Waals surface area contributed by atoms with Crippen molar-refractivity contribution in [1.82, 2.24) is 0 Å². The molecule has 2 rings (SSSR count). The monoisotopic (exact) mass is 277 g/mol. The Balaban J connectivity index is 2.28. The summed E-state index contributed by atoms with van der Waals surface area (Å²) in [4.78, 5) is 0. The molecule has 0 radical (unpaired) electrons. The predicted molar refractivity (Wildman–Crippen MR) is 76.1 cm³/mol. The zero-order valence-electron chi connectivity index (χ0n) is 11.7. The zero-order chi connectivity index (χ0) is 14.7. The second kappa shape index (κ2) is 5.90. The maximum absolute atomic E-state index is 14.0. The first-order chi connectivity index (χ1) is 9.52. The van der Waals surface area contributed by atoms with E-state index in [1.807, 2.05) is 6.92 Å². The highest BCUT2D eigenvalue weighted by atomic mass is 19.1. The Hall–Kier alpha value is -2.10. The number of halogens is 2. The minimum atomic E-state index is -0.330. The molecule has 0 amide bonds. The molecule has 1 N–H and O–H groups in total. The van der Waals surface area contributed by atoms with Gasteiger partial charge in [-0.05, 0) is 49.7 Å². The molecule has 2 aromatic rings. The van der Waals surface area contributed by atoms with Crippen molar-refractivity contribution in [2.24, 2.45) is 0 Å². The number of methoxy groups -OCH3 is 1. The number of aryl methyl sites for hydroxylation is 1. The van der Waals surface area contributed by atoms with Crippen LogP contribution in [0.25, 0.3) is 0 Å². The van der Waals surface area contributed by atoms with Crippen LogP contribution in [0.5, 0.6) is 5.75 Å². The van der Waals surface area contributed by atoms with Crippen molar-refractivity contribution in [3.05, 3.63) is 59.2 Å². The molecule has 0 bridgehead atoms. The molecule has 0 spiro atoms. The lowest BCUT2D eigenvalue weighted by Crippen LogP contribution is -2.10. The topological polar surface area (TPSA) is 21.3 Å². The molecule has 0 aliphatic heterocycles. The fourth-order valence-electron chi connectivity index (χ4n) is 2.17. The van der Waals surface area contributed by atoms with Gasteiger partial charge in [-0.15, -0.1) is 0 Å². The van der Waals surface area contributed by atoms with E-state index in [0.29, 0.717) is 16.9 Å². The Morgan fingerprint density at radius 2 is 1.85 bits per heavy atom. The molecule has 0 saturated heterocycles. The van der Waals surface area contributed by atoms with Crippen LogP contribution >= 0.6 is 0 Å². The van der Waals surface area contributed by atoms with Crippen LogP contribution in [-0.4, -0.2) is 7.11 Å². The van der Waals surface area contributed by atoms with E-state index >= 15 is 0 Å². The summed E-state index contributed by atoms with van der Waals surface area (Å²) in [5.74, 6) is -0.0984. The summed E-state index contributed by atoms with van der Waals surface area (Å²) < 4.78 is 32.4. The summed E-state index contributed by atoms with van der Waals surface area (Å²) in [5.41, 5.74) is 1.74. The number of rotatable bonds is 4. The molecule has 0 aliphatic rings. The van der Waals surface area contributed by atoms with E-state index in [0.717, 1.165) is 5.69 Å². The van der Waals surface area contributed by atoms with Crippen molar-refractivity contribution < 1.29 is 13.5 Å². The van der Waals surface area contributed by atoms with Gasteiger partial charge in [-0.3, -0.25) is 0 Å². The molecule has 0 aliphatic carbocycles. The molecule has 2 nitrogen and oxygen atoms in total. The first-order valence-electron chi connectivity index (χ1n) is 6.38. The van der Waals surface area contributed by atoms with E-state index in [9.17, 15) is 8.78 Å². The Morgan fingerprint density at radius 3 is 2.50 bits per heavy atom. The number of hydrogen-bond acceptors (Lipinski definition) is 2. The second-order valence-corrected chi connectivity index (χ2v) is 4.69. The van der Waals surface area contributed by atoms with Gasteiger partial charge in [0.05, 0.1) is 18.7 Å². The van der Waals surface area contributed by atoms with Crippen LogP contribution < -0.4 is 10.1 Å². The fraction of sp³-hybridized carbons (Fsp3) is 0.250. The maximum atomic E-state index is 14.0. The highest BCUT2D eigenvalue weighted by Crippen LogP contribution is 2.30. The Morgan fingerprint density at radius 1 is 1.10 bits per heavy atom.